The van der Waals surface area contributed by atoms with Gasteiger partial charge in [-0.15, -0.1) is 0 Å². The van der Waals surface area contributed by atoms with Gasteiger partial charge in [0.1, 0.15) is 0 Å². The number of hydrogen-bond donors (Lipinski definition) is 0. The average Bonchev–Trinajstić information content (AvgIpc) is 2.40. The molecule has 3 nitrogen and oxygen atoms in total. The average molecular weight is 279 g/mol. The van der Waals surface area contributed by atoms with Crippen LogP contribution >= 0.6 is 0 Å². The lowest BCUT2D eigenvalue weighted by Crippen LogP contribution is -2.22. The monoisotopic (exact) mass is 279 g/mol. The highest BCUT2D eigenvalue weighted by Crippen LogP contribution is 2.11. The molecule has 0 fully saturated rings. The Hall–Kier alpha value is -1.42. The maximum absolute atomic E-state index is 12.1. The van der Waals surface area contributed by atoms with Crippen LogP contribution in [0.5, 0.6) is 0 Å². The third-order valence-electron chi connectivity index (χ3n) is 2.75. The maximum Gasteiger partial charge on any atom is 0.258 e. The Kier molecular flexibility index (Phi) is 5.96. The molecule has 0 saturated heterocycles. The largest absolute Gasteiger partial charge is 0.314 e. The lowest BCUT2D eigenvalue weighted by atomic mass is 10.1. The van der Waals surface area contributed by atoms with Crippen molar-refractivity contribution >= 4 is 21.6 Å². The van der Waals surface area contributed by atoms with Gasteiger partial charge in [0.2, 0.25) is 0 Å². The lowest BCUT2D eigenvalue weighted by Gasteiger charge is -2.06. The second-order valence-corrected chi connectivity index (χ2v) is 5.74. The van der Waals surface area contributed by atoms with Gasteiger partial charge in [0.05, 0.1) is 0 Å². The van der Waals surface area contributed by atoms with Crippen LogP contribution in [0, 0.1) is 6.92 Å². The van der Waals surface area contributed by atoms with Crippen molar-refractivity contribution in [1.29, 1.82) is 0 Å². The van der Waals surface area contributed by atoms with Gasteiger partial charge >= 0.3 is 0 Å². The van der Waals surface area contributed by atoms with Gasteiger partial charge in [-0.2, -0.15) is 0 Å². The van der Waals surface area contributed by atoms with Crippen LogP contribution in [0.3, 0.4) is 0 Å². The first-order valence-corrected chi connectivity index (χ1v) is 8.20. The van der Waals surface area contributed by atoms with Crippen LogP contribution in [0.2, 0.25) is 0 Å². The van der Waals surface area contributed by atoms with Gasteiger partial charge in [-0.1, -0.05) is 31.5 Å². The maximum atomic E-state index is 12.1. The van der Waals surface area contributed by atoms with E-state index in [2.05, 4.69) is 0 Å². The number of benzene rings is 1. The number of pyridine rings is 1. The SMILES string of the molecule is CC.Cc1ccc2c(=O)n(CCS(C)=O)ccc2c1. The number of fused-ring (bicyclic) bond motifs is 1. The van der Waals surface area contributed by atoms with Gasteiger partial charge in [0, 0.05) is 40.9 Å². The third kappa shape index (κ3) is 4.03. The summed E-state index contributed by atoms with van der Waals surface area (Å²) >= 11 is 0. The molecule has 1 heterocycles. The molecule has 4 heteroatoms. The quantitative estimate of drug-likeness (QED) is 0.866. The Morgan fingerprint density at radius 1 is 1.21 bits per heavy atom. The Morgan fingerprint density at radius 2 is 1.89 bits per heavy atom. The van der Waals surface area contributed by atoms with Crippen molar-refractivity contribution in [3.8, 4) is 0 Å². The molecule has 1 unspecified atom stereocenters. The summed E-state index contributed by atoms with van der Waals surface area (Å²) in [5, 5.41) is 1.68. The molecule has 0 aliphatic heterocycles. The molecular weight excluding hydrogens is 258 g/mol. The minimum Gasteiger partial charge on any atom is -0.314 e. The fourth-order valence-corrected chi connectivity index (χ4v) is 2.26. The van der Waals surface area contributed by atoms with Crippen molar-refractivity contribution in [2.24, 2.45) is 0 Å². The van der Waals surface area contributed by atoms with E-state index >= 15 is 0 Å². The van der Waals surface area contributed by atoms with E-state index in [9.17, 15) is 9.00 Å². The number of aromatic nitrogens is 1. The van der Waals surface area contributed by atoms with Crippen molar-refractivity contribution < 1.29 is 4.21 Å². The summed E-state index contributed by atoms with van der Waals surface area (Å²) in [7, 11) is -0.871. The molecule has 0 aliphatic rings. The Balaban J connectivity index is 0.000000861. The summed E-state index contributed by atoms with van der Waals surface area (Å²) < 4.78 is 12.7. The molecule has 19 heavy (non-hydrogen) atoms. The minimum absolute atomic E-state index is 0.00653. The fraction of sp³-hybridized carbons (Fsp3) is 0.400. The van der Waals surface area contributed by atoms with E-state index in [-0.39, 0.29) is 5.56 Å². The van der Waals surface area contributed by atoms with Gasteiger partial charge in [0.25, 0.3) is 5.56 Å². The summed E-state index contributed by atoms with van der Waals surface area (Å²) in [4.78, 5) is 12.1. The van der Waals surface area contributed by atoms with E-state index < -0.39 is 10.8 Å². The molecule has 0 saturated carbocycles. The van der Waals surface area contributed by atoms with Crippen LogP contribution in [0.15, 0.2) is 35.3 Å². The van der Waals surface area contributed by atoms with Crippen molar-refractivity contribution in [1.82, 2.24) is 4.57 Å². The van der Waals surface area contributed by atoms with Crippen LogP contribution in [0.4, 0.5) is 0 Å². The Bertz CT molecular complexity index is 632. The first-order chi connectivity index (χ1) is 9.08. The van der Waals surface area contributed by atoms with Crippen LogP contribution in [0.25, 0.3) is 10.8 Å². The number of aryl methyl sites for hydroxylation is 2. The van der Waals surface area contributed by atoms with E-state index in [1.807, 2.05) is 45.0 Å². The zero-order valence-electron chi connectivity index (χ0n) is 12.0. The predicted molar refractivity (Wildman–Crippen MR) is 83.2 cm³/mol. The van der Waals surface area contributed by atoms with E-state index in [0.29, 0.717) is 12.3 Å². The molecule has 2 aromatic rings. The smallest absolute Gasteiger partial charge is 0.258 e. The van der Waals surface area contributed by atoms with Crippen LogP contribution in [-0.2, 0) is 17.3 Å². The zero-order chi connectivity index (χ0) is 14.4. The molecule has 0 spiro atoms. The normalized spacial score (nSPS) is 11.8. The first-order valence-electron chi connectivity index (χ1n) is 6.48. The van der Waals surface area contributed by atoms with E-state index in [4.69, 9.17) is 0 Å². The van der Waals surface area contributed by atoms with Gasteiger partial charge in [0.15, 0.2) is 0 Å². The highest BCUT2D eigenvalue weighted by molar-refractivity contribution is 7.84. The molecular formula is C15H21NO2S. The molecule has 0 amide bonds. The second-order valence-electron chi connectivity index (χ2n) is 4.18. The van der Waals surface area contributed by atoms with Crippen LogP contribution in [0.1, 0.15) is 19.4 Å². The van der Waals surface area contributed by atoms with Crippen LogP contribution in [-0.4, -0.2) is 20.8 Å². The summed E-state index contributed by atoms with van der Waals surface area (Å²) in [5.41, 5.74) is 1.14. The van der Waals surface area contributed by atoms with Gasteiger partial charge in [-0.05, 0) is 24.4 Å². The number of hydrogen-bond acceptors (Lipinski definition) is 2. The molecule has 0 aliphatic carbocycles. The highest BCUT2D eigenvalue weighted by Gasteiger charge is 2.03. The van der Waals surface area contributed by atoms with E-state index in [1.54, 1.807) is 17.0 Å². The first kappa shape index (κ1) is 15.6. The molecule has 0 N–H and O–H groups in total. The van der Waals surface area contributed by atoms with Crippen LogP contribution < -0.4 is 5.56 Å². The minimum atomic E-state index is -0.871. The highest BCUT2D eigenvalue weighted by atomic mass is 32.2. The molecule has 1 aromatic carbocycles. The molecule has 1 atom stereocenters. The topological polar surface area (TPSA) is 39.1 Å². The molecule has 2 rings (SSSR count). The van der Waals surface area contributed by atoms with E-state index in [1.165, 1.54) is 0 Å². The summed E-state index contributed by atoms with van der Waals surface area (Å²) in [5.74, 6) is 0.511. The lowest BCUT2D eigenvalue weighted by molar-refractivity contribution is 0.674. The molecule has 0 bridgehead atoms. The molecule has 104 valence electrons. The Morgan fingerprint density at radius 3 is 2.53 bits per heavy atom. The zero-order valence-corrected chi connectivity index (χ0v) is 12.8. The molecule has 1 aromatic heterocycles. The Labute approximate surface area is 116 Å². The number of nitrogens with zero attached hydrogens (tertiary/aromatic N) is 1. The number of rotatable bonds is 3. The second kappa shape index (κ2) is 7.24. The van der Waals surface area contributed by atoms with Gasteiger partial charge in [-0.3, -0.25) is 9.00 Å². The standard InChI is InChI=1S/C13H15NO2S.C2H6/c1-10-3-4-12-11(9-10)5-6-14(13(12)15)7-8-17(2)16;1-2/h3-6,9H,7-8H2,1-2H3;1-2H3. The predicted octanol–water partition coefficient (Wildman–Crippen LogP) is 2.71. The van der Waals surface area contributed by atoms with Crippen molar-refractivity contribution in [2.75, 3.05) is 12.0 Å². The summed E-state index contributed by atoms with van der Waals surface area (Å²) in [6.07, 6.45) is 3.42. The van der Waals surface area contributed by atoms with Crippen molar-refractivity contribution in [3.63, 3.8) is 0 Å². The van der Waals surface area contributed by atoms with Crippen molar-refractivity contribution in [2.45, 2.75) is 27.3 Å². The van der Waals surface area contributed by atoms with E-state index in [0.717, 1.165) is 16.3 Å². The van der Waals surface area contributed by atoms with Crippen molar-refractivity contribution in [3.05, 3.63) is 46.4 Å². The van der Waals surface area contributed by atoms with Gasteiger partial charge < -0.3 is 4.57 Å². The molecule has 0 radical (unpaired) electrons. The van der Waals surface area contributed by atoms with Gasteiger partial charge in [-0.25, -0.2) is 0 Å². The summed E-state index contributed by atoms with van der Waals surface area (Å²) in [6.45, 7) is 6.51. The summed E-state index contributed by atoms with van der Waals surface area (Å²) in [6, 6.07) is 7.72. The third-order valence-corrected chi connectivity index (χ3v) is 3.51. The fourth-order valence-electron chi connectivity index (χ4n) is 1.81.